The summed E-state index contributed by atoms with van der Waals surface area (Å²) in [7, 11) is 0. The zero-order valence-electron chi connectivity index (χ0n) is 16.5. The molecular weight excluding hydrogens is 380 g/mol. The molecule has 30 heavy (non-hydrogen) atoms. The molecule has 0 saturated carbocycles. The van der Waals surface area contributed by atoms with Crippen LogP contribution in [-0.2, 0) is 0 Å². The zero-order valence-corrected chi connectivity index (χ0v) is 16.5. The van der Waals surface area contributed by atoms with Crippen molar-refractivity contribution in [3.63, 3.8) is 0 Å². The molecule has 4 rings (SSSR count). The molecule has 0 bridgehead atoms. The summed E-state index contributed by atoms with van der Waals surface area (Å²) in [5, 5.41) is 2.90. The van der Waals surface area contributed by atoms with Crippen LogP contribution in [0.4, 0.5) is 22.7 Å². The standard InChI is InChI=1S/C21H24N8O/c22-13-3-2-10-29(12-13)18-7-9-25-11-17(18)28-21(30)20-15(24)5-6-16(27-20)19-14(23)4-1-8-26-19/h1,4-9,11,13H,2-3,10,12,22-24H2,(H,28,30)/t13-/m0/s1. The van der Waals surface area contributed by atoms with Gasteiger partial charge < -0.3 is 27.4 Å². The summed E-state index contributed by atoms with van der Waals surface area (Å²) in [5.74, 6) is -0.431. The predicted octanol–water partition coefficient (Wildman–Crippen LogP) is 1.88. The lowest BCUT2D eigenvalue weighted by molar-refractivity contribution is 0.102. The van der Waals surface area contributed by atoms with Crippen LogP contribution in [0.15, 0.2) is 48.9 Å². The maximum absolute atomic E-state index is 13.0. The maximum atomic E-state index is 13.0. The molecule has 1 saturated heterocycles. The van der Waals surface area contributed by atoms with Crippen LogP contribution >= 0.6 is 0 Å². The molecule has 3 aromatic rings. The molecule has 1 atom stereocenters. The van der Waals surface area contributed by atoms with Gasteiger partial charge in [0.05, 0.1) is 34.6 Å². The van der Waals surface area contributed by atoms with Gasteiger partial charge in [0.25, 0.3) is 5.91 Å². The third kappa shape index (κ3) is 4.01. The number of carbonyl (C=O) groups is 1. The van der Waals surface area contributed by atoms with Gasteiger partial charge in [-0.2, -0.15) is 0 Å². The molecule has 0 unspecified atom stereocenters. The topological polar surface area (TPSA) is 149 Å². The first kappa shape index (κ1) is 19.6. The van der Waals surface area contributed by atoms with Crippen molar-refractivity contribution in [3.8, 4) is 11.4 Å². The van der Waals surface area contributed by atoms with Gasteiger partial charge in [-0.15, -0.1) is 0 Å². The number of pyridine rings is 3. The number of anilines is 4. The van der Waals surface area contributed by atoms with Crippen molar-refractivity contribution < 1.29 is 4.79 Å². The Morgan fingerprint density at radius 1 is 1.13 bits per heavy atom. The molecule has 0 aromatic carbocycles. The summed E-state index contributed by atoms with van der Waals surface area (Å²) in [6.45, 7) is 1.59. The highest BCUT2D eigenvalue weighted by Gasteiger charge is 2.21. The maximum Gasteiger partial charge on any atom is 0.276 e. The van der Waals surface area contributed by atoms with Gasteiger partial charge in [0.1, 0.15) is 5.69 Å². The fraction of sp³-hybridized carbons (Fsp3) is 0.238. The van der Waals surface area contributed by atoms with Crippen molar-refractivity contribution in [3.05, 3.63) is 54.6 Å². The summed E-state index contributed by atoms with van der Waals surface area (Å²) < 4.78 is 0. The van der Waals surface area contributed by atoms with Gasteiger partial charge in [-0.1, -0.05) is 0 Å². The van der Waals surface area contributed by atoms with Gasteiger partial charge in [0.2, 0.25) is 0 Å². The molecule has 7 N–H and O–H groups in total. The lowest BCUT2D eigenvalue weighted by atomic mass is 10.1. The van der Waals surface area contributed by atoms with Gasteiger partial charge in [-0.05, 0) is 43.2 Å². The molecular formula is C21H24N8O. The molecule has 0 aliphatic carbocycles. The van der Waals surface area contributed by atoms with E-state index in [2.05, 4.69) is 25.2 Å². The molecule has 1 aliphatic rings. The summed E-state index contributed by atoms with van der Waals surface area (Å²) >= 11 is 0. The number of amides is 1. The number of nitrogens with zero attached hydrogens (tertiary/aromatic N) is 4. The Morgan fingerprint density at radius 3 is 2.80 bits per heavy atom. The van der Waals surface area contributed by atoms with E-state index in [0.717, 1.165) is 31.6 Å². The Bertz CT molecular complexity index is 1070. The third-order valence-corrected chi connectivity index (χ3v) is 5.07. The predicted molar refractivity (Wildman–Crippen MR) is 118 cm³/mol. The Labute approximate surface area is 174 Å². The van der Waals surface area contributed by atoms with Gasteiger partial charge in [0.15, 0.2) is 5.69 Å². The van der Waals surface area contributed by atoms with E-state index in [1.165, 1.54) is 0 Å². The molecule has 0 radical (unpaired) electrons. The van der Waals surface area contributed by atoms with E-state index >= 15 is 0 Å². The SMILES string of the molecule is Nc1ccc(-c2ncccc2N)nc1C(=O)Nc1cnccc1N1CCC[C@H](N)C1. The minimum Gasteiger partial charge on any atom is -0.397 e. The van der Waals surface area contributed by atoms with E-state index in [9.17, 15) is 4.79 Å². The fourth-order valence-corrected chi connectivity index (χ4v) is 3.58. The quantitative estimate of drug-likeness (QED) is 0.515. The van der Waals surface area contributed by atoms with Crippen LogP contribution < -0.4 is 27.4 Å². The van der Waals surface area contributed by atoms with E-state index < -0.39 is 5.91 Å². The number of hydrogen-bond acceptors (Lipinski definition) is 8. The van der Waals surface area contributed by atoms with Crippen LogP contribution in [-0.4, -0.2) is 40.0 Å². The third-order valence-electron chi connectivity index (χ3n) is 5.07. The monoisotopic (exact) mass is 404 g/mol. The second kappa shape index (κ2) is 8.34. The van der Waals surface area contributed by atoms with E-state index in [1.54, 1.807) is 42.9 Å². The molecule has 1 aliphatic heterocycles. The molecule has 9 heteroatoms. The number of nitrogens with two attached hydrogens (primary N) is 3. The van der Waals surface area contributed by atoms with E-state index in [4.69, 9.17) is 17.2 Å². The number of nitrogen functional groups attached to an aromatic ring is 2. The number of carbonyl (C=O) groups excluding carboxylic acids is 1. The Kier molecular flexibility index (Phi) is 5.44. The largest absolute Gasteiger partial charge is 0.397 e. The number of piperidine rings is 1. The average molecular weight is 404 g/mol. The molecule has 1 amide bonds. The molecule has 3 aromatic heterocycles. The summed E-state index contributed by atoms with van der Waals surface area (Å²) in [4.78, 5) is 28.0. The van der Waals surface area contributed by atoms with Crippen molar-refractivity contribution in [2.75, 3.05) is 34.8 Å². The average Bonchev–Trinajstić information content (AvgIpc) is 2.75. The van der Waals surface area contributed by atoms with E-state index in [-0.39, 0.29) is 17.4 Å². The van der Waals surface area contributed by atoms with Gasteiger partial charge in [-0.25, -0.2) is 4.98 Å². The highest BCUT2D eigenvalue weighted by molar-refractivity contribution is 6.08. The summed E-state index contributed by atoms with van der Waals surface area (Å²) in [5.41, 5.74) is 21.4. The van der Waals surface area contributed by atoms with Crippen LogP contribution in [0.25, 0.3) is 11.4 Å². The molecule has 1 fully saturated rings. The highest BCUT2D eigenvalue weighted by Crippen LogP contribution is 2.29. The first-order chi connectivity index (χ1) is 14.5. The normalized spacial score (nSPS) is 16.3. The smallest absolute Gasteiger partial charge is 0.276 e. The lowest BCUT2D eigenvalue weighted by Gasteiger charge is -2.33. The molecule has 4 heterocycles. The number of nitrogens with one attached hydrogen (secondary N) is 1. The van der Waals surface area contributed by atoms with Crippen molar-refractivity contribution in [2.45, 2.75) is 18.9 Å². The second-order valence-corrected chi connectivity index (χ2v) is 7.27. The van der Waals surface area contributed by atoms with Crippen LogP contribution in [0.5, 0.6) is 0 Å². The van der Waals surface area contributed by atoms with Crippen LogP contribution in [0.2, 0.25) is 0 Å². The first-order valence-corrected chi connectivity index (χ1v) is 9.76. The van der Waals surface area contributed by atoms with Gasteiger partial charge >= 0.3 is 0 Å². The fourth-order valence-electron chi connectivity index (χ4n) is 3.58. The minimum atomic E-state index is -0.431. The Balaban J connectivity index is 1.62. The van der Waals surface area contributed by atoms with Crippen molar-refractivity contribution >= 4 is 28.7 Å². The first-order valence-electron chi connectivity index (χ1n) is 9.76. The highest BCUT2D eigenvalue weighted by atomic mass is 16.1. The number of hydrogen-bond donors (Lipinski definition) is 4. The lowest BCUT2D eigenvalue weighted by Crippen LogP contribution is -2.43. The van der Waals surface area contributed by atoms with Crippen molar-refractivity contribution in [2.24, 2.45) is 5.73 Å². The van der Waals surface area contributed by atoms with Crippen LogP contribution in [0.3, 0.4) is 0 Å². The number of aromatic nitrogens is 3. The number of rotatable bonds is 4. The van der Waals surface area contributed by atoms with E-state index in [1.807, 2.05) is 6.07 Å². The summed E-state index contributed by atoms with van der Waals surface area (Å²) in [6.07, 6.45) is 6.92. The summed E-state index contributed by atoms with van der Waals surface area (Å²) in [6, 6.07) is 8.75. The van der Waals surface area contributed by atoms with Gasteiger partial charge in [0, 0.05) is 31.5 Å². The van der Waals surface area contributed by atoms with Crippen molar-refractivity contribution in [1.82, 2.24) is 15.0 Å². The molecule has 9 nitrogen and oxygen atoms in total. The van der Waals surface area contributed by atoms with Crippen molar-refractivity contribution in [1.29, 1.82) is 0 Å². The Hall–Kier alpha value is -3.72. The van der Waals surface area contributed by atoms with Crippen LogP contribution in [0.1, 0.15) is 23.3 Å². The second-order valence-electron chi connectivity index (χ2n) is 7.27. The minimum absolute atomic E-state index is 0.0997. The Morgan fingerprint density at radius 2 is 2.00 bits per heavy atom. The van der Waals surface area contributed by atoms with Crippen LogP contribution in [0, 0.1) is 0 Å². The van der Waals surface area contributed by atoms with E-state index in [0.29, 0.717) is 22.8 Å². The molecule has 154 valence electrons. The molecule has 0 spiro atoms. The van der Waals surface area contributed by atoms with Gasteiger partial charge in [-0.3, -0.25) is 14.8 Å². The zero-order chi connectivity index (χ0) is 21.1.